The van der Waals surface area contributed by atoms with E-state index in [2.05, 4.69) is 14.8 Å². The van der Waals surface area contributed by atoms with Crippen molar-refractivity contribution in [3.05, 3.63) is 71.6 Å². The molecule has 8 nitrogen and oxygen atoms in total. The topological polar surface area (TPSA) is 114 Å². The van der Waals surface area contributed by atoms with Crippen LogP contribution in [-0.4, -0.2) is 39.8 Å². The second-order valence-corrected chi connectivity index (χ2v) is 9.03. The summed E-state index contributed by atoms with van der Waals surface area (Å²) in [7, 11) is -4.12. The van der Waals surface area contributed by atoms with Crippen molar-refractivity contribution in [3.8, 4) is 5.82 Å². The van der Waals surface area contributed by atoms with Gasteiger partial charge < -0.3 is 5.11 Å². The molecule has 0 saturated heterocycles. The predicted octanol–water partition coefficient (Wildman–Crippen LogP) is 2.46. The van der Waals surface area contributed by atoms with Crippen molar-refractivity contribution in [2.75, 3.05) is 0 Å². The molecule has 10 heteroatoms. The molecule has 0 radical (unpaired) electrons. The zero-order valence-electron chi connectivity index (χ0n) is 15.2. The van der Waals surface area contributed by atoms with Gasteiger partial charge in [-0.3, -0.25) is 4.79 Å². The lowest BCUT2D eigenvalue weighted by Gasteiger charge is -2.16. The van der Waals surface area contributed by atoms with Crippen LogP contribution in [0.2, 0.25) is 5.02 Å². The second kappa shape index (κ2) is 6.94. The van der Waals surface area contributed by atoms with E-state index in [9.17, 15) is 18.3 Å². The highest BCUT2D eigenvalue weighted by atomic mass is 35.5. The number of carbonyl (C=O) groups is 1. The fourth-order valence-corrected chi connectivity index (χ4v) is 5.21. The molecule has 4 rings (SSSR count). The minimum absolute atomic E-state index is 0.133. The number of hydrogen-bond donors (Lipinski definition) is 2. The Morgan fingerprint density at radius 1 is 1.21 bits per heavy atom. The van der Waals surface area contributed by atoms with E-state index < -0.39 is 33.4 Å². The lowest BCUT2D eigenvalue weighted by molar-refractivity contribution is -0.140. The standard InChI is InChI=1S/C19H17ClN4O4S/c1-12-17(13-5-3-2-4-6-13)19(12,18(25)26)23-29(27,28)15-7-8-16(21-10-15)24-11-14(20)9-22-24/h2-12,17,23H,1H3,(H,25,26)/t12-,17-,19+/m1/s1. The van der Waals surface area contributed by atoms with Crippen molar-refractivity contribution in [2.45, 2.75) is 23.3 Å². The van der Waals surface area contributed by atoms with Gasteiger partial charge in [0.05, 0.1) is 17.4 Å². The van der Waals surface area contributed by atoms with E-state index in [1.54, 1.807) is 31.2 Å². The van der Waals surface area contributed by atoms with Gasteiger partial charge in [-0.05, 0) is 23.6 Å². The van der Waals surface area contributed by atoms with Gasteiger partial charge in [-0.25, -0.2) is 18.1 Å². The van der Waals surface area contributed by atoms with Crippen molar-refractivity contribution in [2.24, 2.45) is 5.92 Å². The molecule has 3 atom stereocenters. The van der Waals surface area contributed by atoms with Gasteiger partial charge in [0.2, 0.25) is 10.0 Å². The zero-order chi connectivity index (χ0) is 20.8. The molecular weight excluding hydrogens is 416 g/mol. The third-order valence-electron chi connectivity index (χ3n) is 5.23. The van der Waals surface area contributed by atoms with Crippen LogP contribution >= 0.6 is 11.6 Å². The van der Waals surface area contributed by atoms with Crippen LogP contribution in [0.1, 0.15) is 18.4 Å². The molecule has 2 heterocycles. The maximum absolute atomic E-state index is 12.9. The molecule has 0 bridgehead atoms. The third kappa shape index (κ3) is 3.31. The molecule has 29 heavy (non-hydrogen) atoms. The summed E-state index contributed by atoms with van der Waals surface area (Å²) in [6.45, 7) is 1.72. The van der Waals surface area contributed by atoms with Gasteiger partial charge in [0.15, 0.2) is 5.82 Å². The lowest BCUT2D eigenvalue weighted by atomic mass is 10.1. The fourth-order valence-electron chi connectivity index (χ4n) is 3.68. The first-order valence-corrected chi connectivity index (χ1v) is 10.6. The predicted molar refractivity (Wildman–Crippen MR) is 105 cm³/mol. The van der Waals surface area contributed by atoms with Crippen LogP contribution in [0.15, 0.2) is 66.0 Å². The molecular formula is C19H17ClN4O4S. The zero-order valence-corrected chi connectivity index (χ0v) is 16.8. The van der Waals surface area contributed by atoms with Crippen molar-refractivity contribution >= 4 is 27.6 Å². The van der Waals surface area contributed by atoms with Crippen molar-refractivity contribution < 1.29 is 18.3 Å². The Kier molecular flexibility index (Phi) is 4.68. The van der Waals surface area contributed by atoms with Crippen LogP contribution < -0.4 is 4.72 Å². The molecule has 1 saturated carbocycles. The van der Waals surface area contributed by atoms with Gasteiger partial charge in [-0.15, -0.1) is 0 Å². The summed E-state index contributed by atoms with van der Waals surface area (Å²) in [5.74, 6) is -1.70. The summed E-state index contributed by atoms with van der Waals surface area (Å²) in [4.78, 5) is 16.0. The highest BCUT2D eigenvalue weighted by molar-refractivity contribution is 7.89. The highest BCUT2D eigenvalue weighted by Gasteiger charge is 2.70. The monoisotopic (exact) mass is 432 g/mol. The van der Waals surface area contributed by atoms with E-state index in [0.717, 1.165) is 11.8 Å². The van der Waals surface area contributed by atoms with E-state index >= 15 is 0 Å². The average molecular weight is 433 g/mol. The molecule has 2 aromatic heterocycles. The van der Waals surface area contributed by atoms with Crippen LogP contribution in [0.4, 0.5) is 0 Å². The Labute approximate surface area is 172 Å². The Bertz CT molecular complexity index is 1160. The molecule has 0 unspecified atom stereocenters. The first kappa shape index (κ1) is 19.6. The Morgan fingerprint density at radius 2 is 1.93 bits per heavy atom. The molecule has 0 amide bonds. The number of carboxylic acids is 1. The number of sulfonamides is 1. The smallest absolute Gasteiger partial charge is 0.325 e. The van der Waals surface area contributed by atoms with Crippen LogP contribution in [0.5, 0.6) is 0 Å². The number of aliphatic carboxylic acids is 1. The molecule has 1 aliphatic carbocycles. The van der Waals surface area contributed by atoms with Crippen molar-refractivity contribution in [1.82, 2.24) is 19.5 Å². The number of pyridine rings is 1. The summed E-state index contributed by atoms with van der Waals surface area (Å²) in [5, 5.41) is 14.3. The lowest BCUT2D eigenvalue weighted by Crippen LogP contribution is -2.45. The van der Waals surface area contributed by atoms with E-state index in [4.69, 9.17) is 11.6 Å². The number of nitrogens with one attached hydrogen (secondary N) is 1. The second-order valence-electron chi connectivity index (χ2n) is 6.91. The van der Waals surface area contributed by atoms with E-state index in [1.165, 1.54) is 29.2 Å². The minimum atomic E-state index is -4.12. The molecule has 1 fully saturated rings. The molecule has 150 valence electrons. The molecule has 2 N–H and O–H groups in total. The van der Waals surface area contributed by atoms with Gasteiger partial charge in [-0.2, -0.15) is 9.82 Å². The number of halogens is 1. The minimum Gasteiger partial charge on any atom is -0.480 e. The first-order valence-electron chi connectivity index (χ1n) is 8.74. The number of carboxylic acid groups (broad SMARTS) is 1. The number of benzene rings is 1. The average Bonchev–Trinajstić information content (AvgIpc) is 3.05. The molecule has 0 aliphatic heterocycles. The maximum Gasteiger partial charge on any atom is 0.325 e. The van der Waals surface area contributed by atoms with Gasteiger partial charge in [-0.1, -0.05) is 48.9 Å². The summed E-state index contributed by atoms with van der Waals surface area (Å²) < 4.78 is 29.6. The van der Waals surface area contributed by atoms with Crippen LogP contribution in [0, 0.1) is 5.92 Å². The first-order chi connectivity index (χ1) is 13.8. The Hall–Kier alpha value is -2.75. The van der Waals surface area contributed by atoms with E-state index in [0.29, 0.717) is 10.8 Å². The molecule has 0 spiro atoms. The van der Waals surface area contributed by atoms with Crippen LogP contribution in [0.3, 0.4) is 0 Å². The van der Waals surface area contributed by atoms with Gasteiger partial charge in [0, 0.05) is 12.1 Å². The van der Waals surface area contributed by atoms with E-state index in [-0.39, 0.29) is 4.90 Å². The van der Waals surface area contributed by atoms with Crippen LogP contribution in [0.25, 0.3) is 5.82 Å². The van der Waals surface area contributed by atoms with Gasteiger partial charge >= 0.3 is 5.97 Å². The Morgan fingerprint density at radius 3 is 2.48 bits per heavy atom. The SMILES string of the molecule is C[C@@H]1[C@H](c2ccccc2)[C@]1(NS(=O)(=O)c1ccc(-n2cc(Cl)cn2)nc1)C(=O)O. The number of hydrogen-bond acceptors (Lipinski definition) is 5. The van der Waals surface area contributed by atoms with Crippen molar-refractivity contribution in [3.63, 3.8) is 0 Å². The van der Waals surface area contributed by atoms with Crippen molar-refractivity contribution in [1.29, 1.82) is 0 Å². The largest absolute Gasteiger partial charge is 0.480 e. The fraction of sp³-hybridized carbons (Fsp3) is 0.211. The van der Waals surface area contributed by atoms with Crippen LogP contribution in [-0.2, 0) is 14.8 Å². The summed E-state index contributed by atoms with van der Waals surface area (Å²) in [6.07, 6.45) is 4.13. The highest BCUT2D eigenvalue weighted by Crippen LogP contribution is 2.58. The number of aromatic nitrogens is 3. The molecule has 3 aromatic rings. The number of nitrogens with zero attached hydrogens (tertiary/aromatic N) is 3. The Balaban J connectivity index is 1.62. The summed E-state index contributed by atoms with van der Waals surface area (Å²) in [6, 6.07) is 11.8. The summed E-state index contributed by atoms with van der Waals surface area (Å²) >= 11 is 5.83. The maximum atomic E-state index is 12.9. The third-order valence-corrected chi connectivity index (χ3v) is 6.90. The van der Waals surface area contributed by atoms with E-state index in [1.807, 2.05) is 6.07 Å². The van der Waals surface area contributed by atoms with Gasteiger partial charge in [0.1, 0.15) is 10.4 Å². The molecule has 1 aliphatic rings. The quantitative estimate of drug-likeness (QED) is 0.618. The summed E-state index contributed by atoms with van der Waals surface area (Å²) in [5.41, 5.74) is -0.830. The van der Waals surface area contributed by atoms with Gasteiger partial charge in [0.25, 0.3) is 0 Å². The molecule has 1 aromatic carbocycles. The number of rotatable bonds is 6. The normalized spacial score (nSPS) is 23.7.